The lowest BCUT2D eigenvalue weighted by Crippen LogP contribution is -2.45. The molecule has 0 aromatic carbocycles. The zero-order valence-electron chi connectivity index (χ0n) is 39.8. The number of aliphatic hydroxyl groups is 2. The summed E-state index contributed by atoms with van der Waals surface area (Å²) in [7, 11) is 0. The smallest absolute Gasteiger partial charge is 0.220 e. The van der Waals surface area contributed by atoms with Gasteiger partial charge in [0.15, 0.2) is 0 Å². The lowest BCUT2D eigenvalue weighted by molar-refractivity contribution is -0.123. The molecule has 0 aliphatic rings. The highest BCUT2D eigenvalue weighted by Crippen LogP contribution is 2.16. The third-order valence-corrected chi connectivity index (χ3v) is 12.0. The Hall–Kier alpha value is -1.65. The van der Waals surface area contributed by atoms with Gasteiger partial charge in [0.1, 0.15) is 0 Å². The zero-order valence-corrected chi connectivity index (χ0v) is 39.8. The number of carbonyl (C=O) groups is 1. The number of aliphatic hydroxyl groups excluding tert-OH is 2. The molecule has 0 radical (unpaired) electrons. The van der Waals surface area contributed by atoms with E-state index in [2.05, 4.69) is 55.6 Å². The molecule has 0 aromatic rings. The van der Waals surface area contributed by atoms with Gasteiger partial charge in [-0.1, -0.05) is 255 Å². The van der Waals surface area contributed by atoms with E-state index in [-0.39, 0.29) is 12.5 Å². The minimum atomic E-state index is -0.863. The molecule has 2 unspecified atom stereocenters. The normalized spacial score (nSPS) is 13.2. The molecule has 346 valence electrons. The Morgan fingerprint density at radius 2 is 0.712 bits per heavy atom. The van der Waals surface area contributed by atoms with Crippen LogP contribution < -0.4 is 5.32 Å². The zero-order chi connectivity index (χ0) is 42.8. The molecular weight excluding hydrogens is 723 g/mol. The van der Waals surface area contributed by atoms with Crippen molar-refractivity contribution in [1.82, 2.24) is 5.32 Å². The van der Waals surface area contributed by atoms with E-state index in [1.54, 1.807) is 6.08 Å². The van der Waals surface area contributed by atoms with Crippen LogP contribution in [0.2, 0.25) is 0 Å². The Morgan fingerprint density at radius 1 is 0.407 bits per heavy atom. The van der Waals surface area contributed by atoms with Gasteiger partial charge in [-0.3, -0.25) is 4.79 Å². The molecule has 0 spiro atoms. The van der Waals surface area contributed by atoms with Gasteiger partial charge in [-0.25, -0.2) is 0 Å². The Labute approximate surface area is 369 Å². The topological polar surface area (TPSA) is 69.6 Å². The van der Waals surface area contributed by atoms with Crippen LogP contribution in [0.4, 0.5) is 0 Å². The van der Waals surface area contributed by atoms with Crippen LogP contribution >= 0.6 is 0 Å². The van der Waals surface area contributed by atoms with E-state index in [1.165, 1.54) is 218 Å². The first kappa shape index (κ1) is 57.3. The van der Waals surface area contributed by atoms with E-state index in [4.69, 9.17) is 0 Å². The number of hydrogen-bond acceptors (Lipinski definition) is 3. The molecule has 4 heteroatoms. The molecule has 4 nitrogen and oxygen atoms in total. The average Bonchev–Trinajstić information content (AvgIpc) is 3.24. The van der Waals surface area contributed by atoms with Crippen LogP contribution in [0.15, 0.2) is 48.6 Å². The maximum Gasteiger partial charge on any atom is 0.220 e. The SMILES string of the molecule is CCCCCCC/C=C\C/C=C\CCCCCCCCCCCCCCCC(=O)NC(CO)C(O)/C=C/CC/C=C/CCCCCCCCCCCCCCCCCC. The van der Waals surface area contributed by atoms with Crippen molar-refractivity contribution in [3.63, 3.8) is 0 Å². The standard InChI is InChI=1S/C55H103NO3/c1-3-5-7-9-11-13-15-17-19-21-23-25-27-28-29-31-33-35-37-39-41-43-45-47-49-51-55(59)56-53(52-57)54(58)50-48-46-44-42-40-38-36-34-32-30-26-24-22-20-18-16-14-12-10-8-6-4-2/h15,17,21,23,40,42,48,50,53-54,57-58H,3-14,16,18-20,22,24-39,41,43-47,49,51-52H2,1-2H3,(H,56,59)/b17-15-,23-21-,42-40+,50-48+. The van der Waals surface area contributed by atoms with Crippen LogP contribution in [-0.2, 0) is 4.79 Å². The Balaban J connectivity index is 3.55. The molecule has 0 heterocycles. The lowest BCUT2D eigenvalue weighted by Gasteiger charge is -2.19. The van der Waals surface area contributed by atoms with Crippen molar-refractivity contribution in [3.05, 3.63) is 48.6 Å². The van der Waals surface area contributed by atoms with E-state index in [0.717, 1.165) is 38.5 Å². The summed E-state index contributed by atoms with van der Waals surface area (Å²) < 4.78 is 0. The highest BCUT2D eigenvalue weighted by molar-refractivity contribution is 5.76. The first-order valence-electron chi connectivity index (χ1n) is 26.4. The van der Waals surface area contributed by atoms with E-state index in [9.17, 15) is 15.0 Å². The molecule has 0 saturated carbocycles. The summed E-state index contributed by atoms with van der Waals surface area (Å²) in [6, 6.07) is -0.640. The monoisotopic (exact) mass is 826 g/mol. The fraction of sp³-hybridized carbons (Fsp3) is 0.836. The number of unbranched alkanes of at least 4 members (excludes halogenated alkanes) is 35. The molecule has 0 aliphatic carbocycles. The maximum absolute atomic E-state index is 12.4. The number of carbonyl (C=O) groups excluding carboxylic acids is 1. The van der Waals surface area contributed by atoms with Crippen molar-refractivity contribution in [2.24, 2.45) is 0 Å². The third kappa shape index (κ3) is 47.3. The number of hydrogen-bond donors (Lipinski definition) is 3. The molecule has 0 rings (SSSR count). The molecule has 0 saturated heterocycles. The van der Waals surface area contributed by atoms with Crippen molar-refractivity contribution in [2.75, 3.05) is 6.61 Å². The number of nitrogens with one attached hydrogen (secondary N) is 1. The molecule has 0 aromatic heterocycles. The molecule has 59 heavy (non-hydrogen) atoms. The average molecular weight is 826 g/mol. The highest BCUT2D eigenvalue weighted by Gasteiger charge is 2.17. The van der Waals surface area contributed by atoms with Crippen molar-refractivity contribution in [2.45, 2.75) is 289 Å². The highest BCUT2D eigenvalue weighted by atomic mass is 16.3. The number of rotatable bonds is 48. The third-order valence-electron chi connectivity index (χ3n) is 12.0. The van der Waals surface area contributed by atoms with Gasteiger partial charge >= 0.3 is 0 Å². The summed E-state index contributed by atoms with van der Waals surface area (Å²) in [5.41, 5.74) is 0. The first-order chi connectivity index (χ1) is 29.2. The van der Waals surface area contributed by atoms with Crippen LogP contribution in [0.5, 0.6) is 0 Å². The summed E-state index contributed by atoms with van der Waals surface area (Å²) in [6.07, 6.45) is 69.7. The Bertz CT molecular complexity index is 939. The van der Waals surface area contributed by atoms with Gasteiger partial charge in [0.25, 0.3) is 0 Å². The van der Waals surface area contributed by atoms with Crippen molar-refractivity contribution in [3.8, 4) is 0 Å². The second-order valence-electron chi connectivity index (χ2n) is 17.9. The summed E-state index contributed by atoms with van der Waals surface area (Å²) >= 11 is 0. The molecular formula is C55H103NO3. The van der Waals surface area contributed by atoms with Crippen LogP contribution in [0.1, 0.15) is 277 Å². The first-order valence-corrected chi connectivity index (χ1v) is 26.4. The van der Waals surface area contributed by atoms with E-state index >= 15 is 0 Å². The maximum atomic E-state index is 12.4. The Kier molecular flexibility index (Phi) is 49.3. The molecule has 0 fully saturated rings. The van der Waals surface area contributed by atoms with Gasteiger partial charge in [-0.15, -0.1) is 0 Å². The minimum Gasteiger partial charge on any atom is -0.394 e. The Morgan fingerprint density at radius 3 is 1.08 bits per heavy atom. The van der Waals surface area contributed by atoms with Crippen LogP contribution in [0.25, 0.3) is 0 Å². The molecule has 1 amide bonds. The second kappa shape index (κ2) is 50.7. The van der Waals surface area contributed by atoms with Crippen molar-refractivity contribution in [1.29, 1.82) is 0 Å². The van der Waals surface area contributed by atoms with Gasteiger partial charge in [-0.2, -0.15) is 0 Å². The predicted molar refractivity (Wildman–Crippen MR) is 262 cm³/mol. The summed E-state index contributed by atoms with van der Waals surface area (Å²) in [5.74, 6) is -0.0727. The molecule has 0 aliphatic heterocycles. The van der Waals surface area contributed by atoms with Crippen molar-refractivity contribution >= 4 is 5.91 Å². The predicted octanol–water partition coefficient (Wildman–Crippen LogP) is 17.1. The largest absolute Gasteiger partial charge is 0.394 e. The fourth-order valence-corrected chi connectivity index (χ4v) is 7.99. The van der Waals surface area contributed by atoms with Gasteiger partial charge in [0.2, 0.25) is 5.91 Å². The number of allylic oxidation sites excluding steroid dienone is 7. The molecule has 3 N–H and O–H groups in total. The fourth-order valence-electron chi connectivity index (χ4n) is 7.99. The van der Waals surface area contributed by atoms with Crippen molar-refractivity contribution < 1.29 is 15.0 Å². The quantitative estimate of drug-likeness (QED) is 0.0423. The minimum absolute atomic E-state index is 0.0727. The van der Waals surface area contributed by atoms with Gasteiger partial charge in [0.05, 0.1) is 18.8 Å². The van der Waals surface area contributed by atoms with E-state index in [1.807, 2.05) is 6.08 Å². The van der Waals surface area contributed by atoms with Gasteiger partial charge in [0, 0.05) is 6.42 Å². The van der Waals surface area contributed by atoms with Gasteiger partial charge < -0.3 is 15.5 Å². The lowest BCUT2D eigenvalue weighted by atomic mass is 10.0. The van der Waals surface area contributed by atoms with Crippen LogP contribution in [0, 0.1) is 0 Å². The summed E-state index contributed by atoms with van der Waals surface area (Å²) in [6.45, 7) is 4.31. The van der Waals surface area contributed by atoms with E-state index < -0.39 is 12.1 Å². The van der Waals surface area contributed by atoms with Crippen LogP contribution in [0.3, 0.4) is 0 Å². The van der Waals surface area contributed by atoms with Crippen LogP contribution in [-0.4, -0.2) is 34.9 Å². The number of amides is 1. The van der Waals surface area contributed by atoms with Gasteiger partial charge in [-0.05, 0) is 64.2 Å². The molecule has 2 atom stereocenters. The molecule has 0 bridgehead atoms. The summed E-state index contributed by atoms with van der Waals surface area (Å²) in [5, 5.41) is 23.1. The van der Waals surface area contributed by atoms with E-state index in [0.29, 0.717) is 6.42 Å². The second-order valence-corrected chi connectivity index (χ2v) is 17.9. The summed E-state index contributed by atoms with van der Waals surface area (Å²) in [4.78, 5) is 12.4.